The van der Waals surface area contributed by atoms with E-state index in [0.717, 1.165) is 16.5 Å². The zero-order valence-corrected chi connectivity index (χ0v) is 7.81. The van der Waals surface area contributed by atoms with Crippen molar-refractivity contribution in [2.24, 2.45) is 0 Å². The zero-order valence-electron chi connectivity index (χ0n) is 7.81. The third kappa shape index (κ3) is 2.95. The summed E-state index contributed by atoms with van der Waals surface area (Å²) >= 11 is 0. The third-order valence-electron chi connectivity index (χ3n) is 2.10. The second-order valence-corrected chi connectivity index (χ2v) is 3.05. The molecule has 2 rings (SSSR count). The van der Waals surface area contributed by atoms with Crippen LogP contribution < -0.4 is 4.74 Å². The van der Waals surface area contributed by atoms with Crippen molar-refractivity contribution < 1.29 is 9.84 Å². The predicted molar refractivity (Wildman–Crippen MR) is 63.7 cm³/mol. The molecule has 0 atom stereocenters. The Kier molecular flexibility index (Phi) is 5.12. The maximum absolute atomic E-state index is 8.67. The van der Waals surface area contributed by atoms with Crippen molar-refractivity contribution in [2.75, 3.05) is 13.2 Å². The van der Waals surface area contributed by atoms with Gasteiger partial charge in [-0.3, -0.25) is 0 Å². The first-order chi connectivity index (χ1) is 6.92. The maximum atomic E-state index is 8.67. The molecule has 74 valence electrons. The normalized spacial score (nSPS) is 9.67. The van der Waals surface area contributed by atoms with Crippen LogP contribution in [0.15, 0.2) is 42.5 Å². The van der Waals surface area contributed by atoms with Crippen molar-refractivity contribution in [1.29, 1.82) is 0 Å². The van der Waals surface area contributed by atoms with Crippen LogP contribution in [-0.4, -0.2) is 47.9 Å². The molecule has 0 fully saturated rings. The molecule has 0 heterocycles. The number of fused-ring (bicyclic) bond motifs is 1. The number of hydrogen-bond acceptors (Lipinski definition) is 2. The third-order valence-corrected chi connectivity index (χ3v) is 2.10. The Morgan fingerprint density at radius 3 is 2.53 bits per heavy atom. The zero-order chi connectivity index (χ0) is 9.80. The Bertz CT molecular complexity index is 423. The molecule has 1 N–H and O–H groups in total. The van der Waals surface area contributed by atoms with Crippen molar-refractivity contribution in [3.05, 3.63) is 42.5 Å². The average molecular weight is 212 g/mol. The van der Waals surface area contributed by atoms with Crippen LogP contribution in [0, 0.1) is 0 Å². The molecule has 0 aliphatic rings. The first-order valence-corrected chi connectivity index (χ1v) is 4.63. The van der Waals surface area contributed by atoms with E-state index in [-0.39, 0.29) is 36.2 Å². The van der Waals surface area contributed by atoms with E-state index in [1.807, 2.05) is 42.5 Å². The molecule has 2 aromatic rings. The van der Waals surface area contributed by atoms with Gasteiger partial charge in [0.15, 0.2) is 0 Å². The molecule has 0 aliphatic carbocycles. The second-order valence-electron chi connectivity index (χ2n) is 3.05. The molecule has 0 bridgehead atoms. The Hall–Kier alpha value is -0.540. The summed E-state index contributed by atoms with van der Waals surface area (Å²) in [4.78, 5) is 0. The molecule has 0 saturated heterocycles. The second kappa shape index (κ2) is 6.13. The molecule has 0 saturated carbocycles. The summed E-state index contributed by atoms with van der Waals surface area (Å²) in [5.41, 5.74) is 0. The van der Waals surface area contributed by atoms with Crippen molar-refractivity contribution in [3.8, 4) is 5.75 Å². The number of benzene rings is 2. The first kappa shape index (κ1) is 12.5. The molecule has 2 aromatic carbocycles. The van der Waals surface area contributed by atoms with Gasteiger partial charge in [0.25, 0.3) is 0 Å². The summed E-state index contributed by atoms with van der Waals surface area (Å²) in [5.74, 6) is 0.831. The first-order valence-electron chi connectivity index (χ1n) is 4.63. The fourth-order valence-corrected chi connectivity index (χ4v) is 1.48. The van der Waals surface area contributed by atoms with Crippen molar-refractivity contribution >= 4 is 40.3 Å². The SMILES string of the molecule is OCCOc1cccc2ccccc12.[NaH]. The molecular weight excluding hydrogens is 199 g/mol. The van der Waals surface area contributed by atoms with E-state index < -0.39 is 0 Å². The Balaban J connectivity index is 0.00000112. The molecule has 0 aromatic heterocycles. The minimum atomic E-state index is 0. The van der Waals surface area contributed by atoms with Crippen LogP contribution in [0.2, 0.25) is 0 Å². The van der Waals surface area contributed by atoms with Gasteiger partial charge in [-0.25, -0.2) is 0 Å². The van der Waals surface area contributed by atoms with Crippen LogP contribution in [0.4, 0.5) is 0 Å². The topological polar surface area (TPSA) is 29.5 Å². The molecule has 2 nitrogen and oxygen atoms in total. The summed E-state index contributed by atoms with van der Waals surface area (Å²) in [6, 6.07) is 13.9. The van der Waals surface area contributed by atoms with Gasteiger partial charge >= 0.3 is 29.6 Å². The van der Waals surface area contributed by atoms with Gasteiger partial charge in [-0.1, -0.05) is 36.4 Å². The van der Waals surface area contributed by atoms with E-state index in [0.29, 0.717) is 6.61 Å². The summed E-state index contributed by atoms with van der Waals surface area (Å²) < 4.78 is 5.42. The molecule has 0 spiro atoms. The van der Waals surface area contributed by atoms with Crippen LogP contribution in [-0.2, 0) is 0 Å². The molecule has 0 amide bonds. The Morgan fingerprint density at radius 1 is 1.00 bits per heavy atom. The molecule has 0 radical (unpaired) electrons. The minimum absolute atomic E-state index is 0. The number of hydrogen-bond donors (Lipinski definition) is 1. The van der Waals surface area contributed by atoms with Gasteiger partial charge in [0.2, 0.25) is 0 Å². The van der Waals surface area contributed by atoms with Gasteiger partial charge in [0, 0.05) is 5.39 Å². The summed E-state index contributed by atoms with van der Waals surface area (Å²) in [5, 5.41) is 10.9. The van der Waals surface area contributed by atoms with Crippen molar-refractivity contribution in [1.82, 2.24) is 0 Å². The van der Waals surface area contributed by atoms with E-state index in [4.69, 9.17) is 9.84 Å². The number of ether oxygens (including phenoxy) is 1. The Labute approximate surface area is 111 Å². The average Bonchev–Trinajstić information content (AvgIpc) is 2.26. The van der Waals surface area contributed by atoms with Crippen LogP contribution >= 0.6 is 0 Å². The van der Waals surface area contributed by atoms with Gasteiger partial charge in [0.05, 0.1) is 6.61 Å². The Morgan fingerprint density at radius 2 is 1.73 bits per heavy atom. The fraction of sp³-hybridized carbons (Fsp3) is 0.167. The van der Waals surface area contributed by atoms with Crippen molar-refractivity contribution in [2.45, 2.75) is 0 Å². The molecular formula is C12H13NaO2. The summed E-state index contributed by atoms with van der Waals surface area (Å²) in [6.45, 7) is 0.386. The number of rotatable bonds is 3. The van der Waals surface area contributed by atoms with E-state index in [2.05, 4.69) is 0 Å². The summed E-state index contributed by atoms with van der Waals surface area (Å²) in [7, 11) is 0. The number of aliphatic hydroxyl groups is 1. The van der Waals surface area contributed by atoms with Crippen LogP contribution in [0.25, 0.3) is 10.8 Å². The standard InChI is InChI=1S/C12H12O2.Na.H/c13-8-9-14-12-7-3-5-10-4-1-2-6-11(10)12;;/h1-7,13H,8-9H2;;. The fourth-order valence-electron chi connectivity index (χ4n) is 1.48. The van der Waals surface area contributed by atoms with Crippen LogP contribution in [0.3, 0.4) is 0 Å². The predicted octanol–water partition coefficient (Wildman–Crippen LogP) is 1.56. The van der Waals surface area contributed by atoms with E-state index in [9.17, 15) is 0 Å². The van der Waals surface area contributed by atoms with Gasteiger partial charge in [-0.15, -0.1) is 0 Å². The van der Waals surface area contributed by atoms with Gasteiger partial charge in [-0.2, -0.15) is 0 Å². The van der Waals surface area contributed by atoms with E-state index in [1.54, 1.807) is 0 Å². The van der Waals surface area contributed by atoms with Gasteiger partial charge in [0.1, 0.15) is 12.4 Å². The quantitative estimate of drug-likeness (QED) is 0.782. The van der Waals surface area contributed by atoms with Crippen LogP contribution in [0.1, 0.15) is 0 Å². The van der Waals surface area contributed by atoms with Gasteiger partial charge in [-0.05, 0) is 11.5 Å². The number of aliphatic hydroxyl groups excluding tert-OH is 1. The van der Waals surface area contributed by atoms with E-state index in [1.165, 1.54) is 0 Å². The molecule has 0 aliphatic heterocycles. The molecule has 0 unspecified atom stereocenters. The summed E-state index contributed by atoms with van der Waals surface area (Å²) in [6.07, 6.45) is 0. The van der Waals surface area contributed by atoms with Crippen LogP contribution in [0.5, 0.6) is 5.75 Å². The van der Waals surface area contributed by atoms with Crippen molar-refractivity contribution in [3.63, 3.8) is 0 Å². The van der Waals surface area contributed by atoms with Gasteiger partial charge < -0.3 is 9.84 Å². The molecule has 3 heteroatoms. The molecule has 15 heavy (non-hydrogen) atoms. The monoisotopic (exact) mass is 212 g/mol. The van der Waals surface area contributed by atoms with E-state index >= 15 is 0 Å².